The fourth-order valence-corrected chi connectivity index (χ4v) is 1.56. The molecule has 5 heteroatoms. The van der Waals surface area contributed by atoms with Crippen molar-refractivity contribution in [2.45, 2.75) is 6.92 Å². The van der Waals surface area contributed by atoms with Gasteiger partial charge >= 0.3 is 0 Å². The van der Waals surface area contributed by atoms with E-state index >= 15 is 0 Å². The van der Waals surface area contributed by atoms with Gasteiger partial charge in [0, 0.05) is 17.8 Å². The van der Waals surface area contributed by atoms with Crippen molar-refractivity contribution in [1.29, 1.82) is 0 Å². The third-order valence-corrected chi connectivity index (χ3v) is 2.64. The Balaban J connectivity index is 2.23. The van der Waals surface area contributed by atoms with Gasteiger partial charge in [-0.1, -0.05) is 6.07 Å². The van der Waals surface area contributed by atoms with E-state index in [9.17, 15) is 18.7 Å². The first-order chi connectivity index (χ1) is 8.97. The molecule has 98 valence electrons. The van der Waals surface area contributed by atoms with E-state index in [1.807, 2.05) is 0 Å². The van der Waals surface area contributed by atoms with Gasteiger partial charge in [0.25, 0.3) is 5.91 Å². The molecule has 0 heterocycles. The topological polar surface area (TPSA) is 49.3 Å². The number of hydrogen-bond donors (Lipinski definition) is 2. The number of aryl methyl sites for hydroxylation is 1. The molecule has 0 unspecified atom stereocenters. The molecule has 0 atom stereocenters. The first kappa shape index (κ1) is 13.0. The monoisotopic (exact) mass is 263 g/mol. The van der Waals surface area contributed by atoms with Crippen LogP contribution in [0.25, 0.3) is 0 Å². The average Bonchev–Trinajstić information content (AvgIpc) is 2.33. The maximum atomic E-state index is 13.4. The van der Waals surface area contributed by atoms with Gasteiger partial charge in [-0.2, -0.15) is 0 Å². The molecule has 0 bridgehead atoms. The minimum absolute atomic E-state index is 0.0254. The van der Waals surface area contributed by atoms with Crippen molar-refractivity contribution < 1.29 is 18.7 Å². The molecule has 0 aromatic heterocycles. The van der Waals surface area contributed by atoms with E-state index in [-0.39, 0.29) is 11.3 Å². The highest BCUT2D eigenvalue weighted by Crippen LogP contribution is 2.21. The molecule has 0 aliphatic carbocycles. The second-order valence-corrected chi connectivity index (χ2v) is 4.08. The maximum absolute atomic E-state index is 13.4. The molecule has 0 aliphatic heterocycles. The lowest BCUT2D eigenvalue weighted by Crippen LogP contribution is -2.13. The van der Waals surface area contributed by atoms with Crippen molar-refractivity contribution in [3.63, 3.8) is 0 Å². The molecule has 0 radical (unpaired) electrons. The van der Waals surface area contributed by atoms with Crippen LogP contribution in [0.2, 0.25) is 0 Å². The molecule has 0 saturated carbocycles. The van der Waals surface area contributed by atoms with Crippen LogP contribution in [0.3, 0.4) is 0 Å². The predicted octanol–water partition coefficient (Wildman–Crippen LogP) is 3.23. The largest absolute Gasteiger partial charge is 0.508 e. The van der Waals surface area contributed by atoms with E-state index in [0.717, 1.165) is 12.1 Å². The average molecular weight is 263 g/mol. The van der Waals surface area contributed by atoms with Gasteiger partial charge in [-0.25, -0.2) is 8.78 Å². The standard InChI is InChI=1S/C14H11F2NO2/c1-8-2-4-10(7-13(8)18)17-14(19)11-5-3-9(15)6-12(11)16/h2-7,18H,1H3,(H,17,19). The fraction of sp³-hybridized carbons (Fsp3) is 0.0714. The predicted molar refractivity (Wildman–Crippen MR) is 67.2 cm³/mol. The highest BCUT2D eigenvalue weighted by Gasteiger charge is 2.13. The van der Waals surface area contributed by atoms with Crippen molar-refractivity contribution in [2.75, 3.05) is 5.32 Å². The number of phenolic OH excluding ortho intramolecular Hbond substituents is 1. The summed E-state index contributed by atoms with van der Waals surface area (Å²) in [6, 6.07) is 7.26. The molecule has 2 aromatic rings. The van der Waals surface area contributed by atoms with Crippen LogP contribution in [-0.4, -0.2) is 11.0 Å². The first-order valence-corrected chi connectivity index (χ1v) is 5.53. The molecule has 0 aliphatic rings. The lowest BCUT2D eigenvalue weighted by Gasteiger charge is -2.07. The van der Waals surface area contributed by atoms with Crippen LogP contribution in [0.4, 0.5) is 14.5 Å². The van der Waals surface area contributed by atoms with E-state index in [4.69, 9.17) is 0 Å². The zero-order chi connectivity index (χ0) is 14.0. The lowest BCUT2D eigenvalue weighted by atomic mass is 10.1. The first-order valence-electron chi connectivity index (χ1n) is 5.53. The summed E-state index contributed by atoms with van der Waals surface area (Å²) in [7, 11) is 0. The second kappa shape index (κ2) is 5.06. The molecule has 3 nitrogen and oxygen atoms in total. The van der Waals surface area contributed by atoms with E-state index < -0.39 is 17.5 Å². The molecule has 0 spiro atoms. The number of halogens is 2. The normalized spacial score (nSPS) is 10.3. The molecular formula is C14H11F2NO2. The minimum Gasteiger partial charge on any atom is -0.508 e. The van der Waals surface area contributed by atoms with Crippen molar-refractivity contribution in [3.05, 3.63) is 59.2 Å². The number of benzene rings is 2. The Morgan fingerprint density at radius 3 is 2.53 bits per heavy atom. The van der Waals surface area contributed by atoms with Crippen LogP contribution in [-0.2, 0) is 0 Å². The van der Waals surface area contributed by atoms with Crippen molar-refractivity contribution in [2.24, 2.45) is 0 Å². The zero-order valence-corrected chi connectivity index (χ0v) is 10.1. The summed E-state index contributed by atoms with van der Waals surface area (Å²) in [5.41, 5.74) is 0.726. The Morgan fingerprint density at radius 1 is 1.16 bits per heavy atom. The molecule has 0 fully saturated rings. The van der Waals surface area contributed by atoms with Gasteiger partial charge < -0.3 is 10.4 Å². The van der Waals surface area contributed by atoms with Gasteiger partial charge in [0.15, 0.2) is 0 Å². The Morgan fingerprint density at radius 2 is 1.89 bits per heavy atom. The van der Waals surface area contributed by atoms with Crippen LogP contribution in [0, 0.1) is 18.6 Å². The number of nitrogens with one attached hydrogen (secondary N) is 1. The SMILES string of the molecule is Cc1ccc(NC(=O)c2ccc(F)cc2F)cc1O. The zero-order valence-electron chi connectivity index (χ0n) is 10.1. The van der Waals surface area contributed by atoms with Crippen LogP contribution in [0.1, 0.15) is 15.9 Å². The highest BCUT2D eigenvalue weighted by atomic mass is 19.1. The molecule has 0 saturated heterocycles. The van der Waals surface area contributed by atoms with Gasteiger partial charge in [-0.15, -0.1) is 0 Å². The Bertz CT molecular complexity index is 641. The summed E-state index contributed by atoms with van der Waals surface area (Å²) in [6.07, 6.45) is 0. The summed E-state index contributed by atoms with van der Waals surface area (Å²) in [5.74, 6) is -2.37. The van der Waals surface area contributed by atoms with Gasteiger partial charge in [0.1, 0.15) is 17.4 Å². The number of anilines is 1. The third-order valence-electron chi connectivity index (χ3n) is 2.64. The van der Waals surface area contributed by atoms with Crippen molar-refractivity contribution in [1.82, 2.24) is 0 Å². The van der Waals surface area contributed by atoms with E-state index in [2.05, 4.69) is 5.32 Å². The van der Waals surface area contributed by atoms with Crippen molar-refractivity contribution >= 4 is 11.6 Å². The van der Waals surface area contributed by atoms with E-state index in [0.29, 0.717) is 17.3 Å². The minimum atomic E-state index is -0.936. The van der Waals surface area contributed by atoms with Crippen LogP contribution < -0.4 is 5.32 Å². The number of carbonyl (C=O) groups is 1. The second-order valence-electron chi connectivity index (χ2n) is 4.08. The number of hydrogen-bond acceptors (Lipinski definition) is 2. The maximum Gasteiger partial charge on any atom is 0.258 e. The van der Waals surface area contributed by atoms with Crippen LogP contribution in [0.5, 0.6) is 5.75 Å². The van der Waals surface area contributed by atoms with Gasteiger partial charge in [-0.3, -0.25) is 4.79 Å². The number of amides is 1. The van der Waals surface area contributed by atoms with E-state index in [1.165, 1.54) is 6.07 Å². The number of carbonyl (C=O) groups excluding carboxylic acids is 1. The van der Waals surface area contributed by atoms with Crippen LogP contribution in [0.15, 0.2) is 36.4 Å². The summed E-state index contributed by atoms with van der Waals surface area (Å²) in [6.45, 7) is 1.71. The van der Waals surface area contributed by atoms with Crippen molar-refractivity contribution in [3.8, 4) is 5.75 Å². The van der Waals surface area contributed by atoms with Gasteiger partial charge in [0.05, 0.1) is 5.56 Å². The summed E-state index contributed by atoms with van der Waals surface area (Å²) in [4.78, 5) is 11.8. The number of rotatable bonds is 2. The number of phenols is 1. The third kappa shape index (κ3) is 2.88. The Labute approximate surface area is 108 Å². The quantitative estimate of drug-likeness (QED) is 0.873. The molecular weight excluding hydrogens is 252 g/mol. The highest BCUT2D eigenvalue weighted by molar-refractivity contribution is 6.04. The molecule has 1 amide bonds. The fourth-order valence-electron chi connectivity index (χ4n) is 1.56. The van der Waals surface area contributed by atoms with Crippen LogP contribution >= 0.6 is 0 Å². The Kier molecular flexibility index (Phi) is 3.46. The molecule has 2 aromatic carbocycles. The van der Waals surface area contributed by atoms with E-state index in [1.54, 1.807) is 19.1 Å². The summed E-state index contributed by atoms with van der Waals surface area (Å²) >= 11 is 0. The Hall–Kier alpha value is -2.43. The lowest BCUT2D eigenvalue weighted by molar-refractivity contribution is 0.102. The number of aromatic hydroxyl groups is 1. The van der Waals surface area contributed by atoms with Gasteiger partial charge in [0.2, 0.25) is 0 Å². The molecule has 2 N–H and O–H groups in total. The molecule has 19 heavy (non-hydrogen) atoms. The molecule has 2 rings (SSSR count). The summed E-state index contributed by atoms with van der Waals surface area (Å²) in [5, 5.41) is 11.9. The van der Waals surface area contributed by atoms with Gasteiger partial charge in [-0.05, 0) is 30.7 Å². The summed E-state index contributed by atoms with van der Waals surface area (Å²) < 4.78 is 26.1. The smallest absolute Gasteiger partial charge is 0.258 e.